The van der Waals surface area contributed by atoms with E-state index < -0.39 is 54.0 Å². The molecule has 12 nitrogen and oxygen atoms in total. The van der Waals surface area contributed by atoms with E-state index in [1.807, 2.05) is 0 Å². The summed E-state index contributed by atoms with van der Waals surface area (Å²) in [5, 5.41) is 25.8. The quantitative estimate of drug-likeness (QED) is 0.147. The highest BCUT2D eigenvalue weighted by molar-refractivity contribution is 7.80. The lowest BCUT2D eigenvalue weighted by Gasteiger charge is -2.25. The maximum atomic E-state index is 12.5. The number of nitrogens with one attached hydrogen (secondary N) is 4. The van der Waals surface area contributed by atoms with Crippen molar-refractivity contribution in [2.45, 2.75) is 43.6 Å². The van der Waals surface area contributed by atoms with Gasteiger partial charge in [-0.05, 0) is 6.92 Å². The number of aromatic amines is 1. The van der Waals surface area contributed by atoms with E-state index in [4.69, 9.17) is 10.8 Å². The van der Waals surface area contributed by atoms with Crippen LogP contribution in [-0.4, -0.2) is 85.6 Å². The first-order chi connectivity index (χ1) is 14.1. The van der Waals surface area contributed by atoms with E-state index in [0.717, 1.165) is 0 Å². The molecule has 0 bridgehead atoms. The van der Waals surface area contributed by atoms with E-state index >= 15 is 0 Å². The Kier molecular flexibility index (Phi) is 10.7. The molecule has 0 aliphatic rings. The summed E-state index contributed by atoms with van der Waals surface area (Å²) in [5.41, 5.74) is 6.43. The Hall–Kier alpha value is -2.29. The number of aliphatic hydroxyl groups excluding tert-OH is 1. The number of thiol groups is 2. The number of carboxylic acids is 1. The molecule has 14 heteroatoms. The van der Waals surface area contributed by atoms with Gasteiger partial charge in [0, 0.05) is 29.8 Å². The Morgan fingerprint density at radius 1 is 1.10 bits per heavy atom. The number of imidazole rings is 1. The molecule has 8 N–H and O–H groups in total. The summed E-state index contributed by atoms with van der Waals surface area (Å²) < 4.78 is 0. The van der Waals surface area contributed by atoms with Crippen LogP contribution in [0.4, 0.5) is 0 Å². The molecule has 1 aromatic rings. The molecule has 0 spiro atoms. The summed E-state index contributed by atoms with van der Waals surface area (Å²) in [4.78, 5) is 54.7. The monoisotopic (exact) mass is 462 g/mol. The zero-order chi connectivity index (χ0) is 22.8. The molecule has 168 valence electrons. The van der Waals surface area contributed by atoms with E-state index in [-0.39, 0.29) is 17.9 Å². The van der Waals surface area contributed by atoms with Crippen LogP contribution in [0.3, 0.4) is 0 Å². The summed E-state index contributed by atoms with van der Waals surface area (Å²) in [6, 6.07) is -4.89. The second-order valence-corrected chi connectivity index (χ2v) is 7.17. The minimum Gasteiger partial charge on any atom is -0.480 e. The molecular weight excluding hydrogens is 436 g/mol. The number of carbonyl (C=O) groups is 4. The molecule has 0 saturated carbocycles. The van der Waals surface area contributed by atoms with Gasteiger partial charge in [-0.2, -0.15) is 25.3 Å². The van der Waals surface area contributed by atoms with Crippen LogP contribution >= 0.6 is 25.3 Å². The normalized spacial score (nSPS) is 15.9. The predicted molar refractivity (Wildman–Crippen MR) is 113 cm³/mol. The van der Waals surface area contributed by atoms with Crippen LogP contribution in [0.1, 0.15) is 12.6 Å². The van der Waals surface area contributed by atoms with Crippen LogP contribution < -0.4 is 21.7 Å². The fraction of sp³-hybridized carbons (Fsp3) is 0.562. The summed E-state index contributed by atoms with van der Waals surface area (Å²) >= 11 is 7.83. The van der Waals surface area contributed by atoms with Crippen molar-refractivity contribution in [1.82, 2.24) is 25.9 Å². The second kappa shape index (κ2) is 12.4. The Morgan fingerprint density at radius 2 is 1.70 bits per heavy atom. The molecular formula is C16H26N6O6S2. The van der Waals surface area contributed by atoms with Gasteiger partial charge in [-0.1, -0.05) is 0 Å². The zero-order valence-electron chi connectivity index (χ0n) is 16.1. The van der Waals surface area contributed by atoms with Crippen molar-refractivity contribution in [1.29, 1.82) is 0 Å². The highest BCUT2D eigenvalue weighted by Crippen LogP contribution is 2.01. The molecule has 30 heavy (non-hydrogen) atoms. The number of aromatic nitrogens is 2. The smallest absolute Gasteiger partial charge is 0.327 e. The third-order valence-electron chi connectivity index (χ3n) is 4.01. The van der Waals surface area contributed by atoms with Crippen LogP contribution in [0.5, 0.6) is 0 Å². The summed E-state index contributed by atoms with van der Waals surface area (Å²) in [6.07, 6.45) is 1.75. The van der Waals surface area contributed by atoms with Gasteiger partial charge in [0.15, 0.2) is 0 Å². The highest BCUT2D eigenvalue weighted by Gasteiger charge is 2.31. The average molecular weight is 463 g/mol. The average Bonchev–Trinajstić information content (AvgIpc) is 3.19. The van der Waals surface area contributed by atoms with E-state index in [1.54, 1.807) is 0 Å². The number of amides is 3. The fourth-order valence-corrected chi connectivity index (χ4v) is 2.81. The molecule has 0 radical (unpaired) electrons. The van der Waals surface area contributed by atoms with Gasteiger partial charge in [-0.25, -0.2) is 9.78 Å². The van der Waals surface area contributed by atoms with Gasteiger partial charge in [-0.3, -0.25) is 14.4 Å². The predicted octanol–water partition coefficient (Wildman–Crippen LogP) is -2.94. The first kappa shape index (κ1) is 25.7. The number of hydrogen-bond acceptors (Lipinski definition) is 9. The number of nitrogens with two attached hydrogens (primary N) is 1. The van der Waals surface area contributed by atoms with Crippen LogP contribution in [0.2, 0.25) is 0 Å². The van der Waals surface area contributed by atoms with Crippen molar-refractivity contribution >= 4 is 48.9 Å². The molecule has 0 aliphatic carbocycles. The van der Waals surface area contributed by atoms with Gasteiger partial charge in [0.05, 0.1) is 18.5 Å². The number of H-pyrrole nitrogens is 1. The molecule has 0 aromatic carbocycles. The van der Waals surface area contributed by atoms with Gasteiger partial charge in [-0.15, -0.1) is 0 Å². The second-order valence-electron chi connectivity index (χ2n) is 6.44. The Bertz CT molecular complexity index is 732. The number of aliphatic hydroxyl groups is 1. The highest BCUT2D eigenvalue weighted by atomic mass is 32.1. The molecule has 5 unspecified atom stereocenters. The number of hydrogen-bond donors (Lipinski definition) is 9. The summed E-state index contributed by atoms with van der Waals surface area (Å²) in [5.74, 6) is -3.96. The lowest BCUT2D eigenvalue weighted by Crippen LogP contribution is -2.60. The first-order valence-corrected chi connectivity index (χ1v) is 10.1. The molecule has 5 atom stereocenters. The van der Waals surface area contributed by atoms with E-state index in [9.17, 15) is 24.3 Å². The molecule has 0 fully saturated rings. The van der Waals surface area contributed by atoms with E-state index in [2.05, 4.69) is 51.2 Å². The standard InChI is InChI=1S/C16H26N6O6S2/c1-7(23)12(22-13(24)9(17)2-8-3-18-6-19-8)15(26)20-10(4-29)14(25)21-11(5-30)16(27)28/h3,6-7,9-12,23,29-30H,2,4-5,17H2,1H3,(H,18,19)(H,20,26)(H,21,25)(H,22,24)(H,27,28). The van der Waals surface area contributed by atoms with E-state index in [0.29, 0.717) is 5.69 Å². The van der Waals surface area contributed by atoms with Crippen molar-refractivity contribution in [3.8, 4) is 0 Å². The van der Waals surface area contributed by atoms with Gasteiger partial charge in [0.1, 0.15) is 18.1 Å². The minimum absolute atomic E-state index is 0.127. The third-order valence-corrected chi connectivity index (χ3v) is 4.74. The van der Waals surface area contributed by atoms with Crippen molar-refractivity contribution < 1.29 is 29.4 Å². The van der Waals surface area contributed by atoms with E-state index in [1.165, 1.54) is 19.4 Å². The summed E-state index contributed by atoms with van der Waals surface area (Å²) in [6.45, 7) is 1.28. The molecule has 1 aromatic heterocycles. The van der Waals surface area contributed by atoms with Gasteiger partial charge in [0.2, 0.25) is 17.7 Å². The third kappa shape index (κ3) is 7.85. The van der Waals surface area contributed by atoms with Crippen molar-refractivity contribution in [3.63, 3.8) is 0 Å². The molecule has 1 rings (SSSR count). The first-order valence-electron chi connectivity index (χ1n) is 8.87. The Morgan fingerprint density at radius 3 is 2.17 bits per heavy atom. The minimum atomic E-state index is -1.40. The van der Waals surface area contributed by atoms with Gasteiger partial charge < -0.3 is 36.9 Å². The molecule has 1 heterocycles. The van der Waals surface area contributed by atoms with Crippen LogP contribution in [-0.2, 0) is 25.6 Å². The number of nitrogens with zero attached hydrogens (tertiary/aromatic N) is 1. The Labute approximate surface area is 183 Å². The van der Waals surface area contributed by atoms with Crippen molar-refractivity contribution in [2.75, 3.05) is 11.5 Å². The largest absolute Gasteiger partial charge is 0.480 e. The molecule has 0 saturated heterocycles. The van der Waals surface area contributed by atoms with Gasteiger partial charge >= 0.3 is 5.97 Å². The number of carboxylic acid groups (broad SMARTS) is 1. The number of aliphatic carboxylic acids is 1. The van der Waals surface area contributed by atoms with Crippen molar-refractivity contribution in [2.24, 2.45) is 5.73 Å². The van der Waals surface area contributed by atoms with Crippen LogP contribution in [0.15, 0.2) is 12.5 Å². The lowest BCUT2D eigenvalue weighted by molar-refractivity contribution is -0.141. The van der Waals surface area contributed by atoms with Gasteiger partial charge in [0.25, 0.3) is 0 Å². The van der Waals surface area contributed by atoms with Crippen LogP contribution in [0, 0.1) is 0 Å². The topological polar surface area (TPSA) is 200 Å². The van der Waals surface area contributed by atoms with Crippen molar-refractivity contribution in [3.05, 3.63) is 18.2 Å². The Balaban J connectivity index is 2.75. The number of carbonyl (C=O) groups excluding carboxylic acids is 3. The van der Waals surface area contributed by atoms with Crippen LogP contribution in [0.25, 0.3) is 0 Å². The lowest BCUT2D eigenvalue weighted by atomic mass is 10.1. The zero-order valence-corrected chi connectivity index (χ0v) is 17.9. The molecule has 0 aliphatic heterocycles. The number of rotatable bonds is 12. The maximum absolute atomic E-state index is 12.5. The maximum Gasteiger partial charge on any atom is 0.327 e. The molecule has 3 amide bonds. The fourth-order valence-electron chi connectivity index (χ4n) is 2.30. The summed E-state index contributed by atoms with van der Waals surface area (Å²) in [7, 11) is 0. The SMILES string of the molecule is CC(O)C(NC(=O)C(N)Cc1cnc[nH]1)C(=O)NC(CS)C(=O)NC(CS)C(=O)O.